The average molecular weight is 956 g/mol. The maximum Gasteiger partial charge on any atom is 0.435 e. The van der Waals surface area contributed by atoms with E-state index in [1.54, 1.807) is 0 Å². The highest BCUT2D eigenvalue weighted by Crippen LogP contribution is 2.62. The molecule has 1 heterocycles. The fourth-order valence-electron chi connectivity index (χ4n) is 10.4. The molecule has 1 aliphatic heterocycles. The van der Waals surface area contributed by atoms with E-state index in [4.69, 9.17) is 24.4 Å². The Morgan fingerprint density at radius 1 is 0.812 bits per heavy atom. The zero-order valence-electron chi connectivity index (χ0n) is 36.6. The topological polar surface area (TPSA) is 113 Å². The predicted octanol–water partition coefficient (Wildman–Crippen LogP) is 7.86. The molecule has 1 saturated heterocycles. The third-order valence-electron chi connectivity index (χ3n) is 14.0. The van der Waals surface area contributed by atoms with Crippen molar-refractivity contribution in [2.45, 2.75) is 120 Å². The molecule has 20 heteroatoms. The molecule has 2 saturated carbocycles. The van der Waals surface area contributed by atoms with Gasteiger partial charge in [-0.25, -0.2) is 0 Å². The van der Waals surface area contributed by atoms with E-state index in [1.165, 1.54) is 11.1 Å². The number of hydrogen-bond donors (Lipinski definition) is 3. The van der Waals surface area contributed by atoms with E-state index in [1.807, 2.05) is 6.07 Å². The summed E-state index contributed by atoms with van der Waals surface area (Å²) < 4.78 is 140. The van der Waals surface area contributed by atoms with Gasteiger partial charge in [0.25, 0.3) is 0 Å². The van der Waals surface area contributed by atoms with Gasteiger partial charge in [-0.15, -0.1) is 12.4 Å². The van der Waals surface area contributed by atoms with Crippen molar-refractivity contribution in [3.05, 3.63) is 29.3 Å². The van der Waals surface area contributed by atoms with Crippen LogP contribution in [0.2, 0.25) is 0 Å². The van der Waals surface area contributed by atoms with Gasteiger partial charge in [0.2, 0.25) is 5.91 Å². The molecule has 3 aliphatic carbocycles. The first-order valence-corrected chi connectivity index (χ1v) is 22.6. The Kier molecular flexibility index (Phi) is 20.6. The van der Waals surface area contributed by atoms with Crippen LogP contribution in [0, 0.1) is 23.2 Å². The van der Waals surface area contributed by atoms with Gasteiger partial charge in [0, 0.05) is 78.0 Å². The fraction of sp³-hybridized carbons (Fsp3) is 0.841. The number of aliphatic hydroxyl groups excluding tert-OH is 2. The smallest absolute Gasteiger partial charge is 0.435 e. The highest BCUT2D eigenvalue weighted by molar-refractivity contribution is 5.85. The Balaban J connectivity index is 0.00000898. The Hall–Kier alpha value is -2.13. The molecule has 0 spiro atoms. The van der Waals surface area contributed by atoms with E-state index in [2.05, 4.69) is 38.9 Å². The number of alkyl halides is 9. The van der Waals surface area contributed by atoms with Crippen LogP contribution in [0.15, 0.2) is 18.2 Å². The van der Waals surface area contributed by atoms with Crippen molar-refractivity contribution < 1.29 is 73.5 Å². The largest absolute Gasteiger partial charge is 0.494 e. The second-order valence-corrected chi connectivity index (χ2v) is 18.0. The number of ether oxygens (including phenoxy) is 4. The molecule has 1 amide bonds. The molecular weight excluding hydrogens is 889 g/mol. The van der Waals surface area contributed by atoms with Gasteiger partial charge >= 0.3 is 24.1 Å². The van der Waals surface area contributed by atoms with Gasteiger partial charge in [-0.1, -0.05) is 13.0 Å². The lowest BCUT2D eigenvalue weighted by atomic mass is 9.55. The number of halogens is 10. The molecule has 10 nitrogen and oxygen atoms in total. The Morgan fingerprint density at radius 2 is 1.47 bits per heavy atom. The number of nitrogens with zero attached hydrogens (tertiary/aromatic N) is 2. The van der Waals surface area contributed by atoms with Gasteiger partial charge in [-0.3, -0.25) is 4.79 Å². The molecule has 3 unspecified atom stereocenters. The summed E-state index contributed by atoms with van der Waals surface area (Å²) in [6.45, 7) is 8.13. The van der Waals surface area contributed by atoms with Crippen molar-refractivity contribution in [3.63, 3.8) is 0 Å². The number of fused-ring (bicyclic) bond motifs is 5. The first-order chi connectivity index (χ1) is 29.8. The highest BCUT2D eigenvalue weighted by atomic mass is 35.5. The summed E-state index contributed by atoms with van der Waals surface area (Å²) in [6.07, 6.45) is -12.6. The van der Waals surface area contributed by atoms with Crippen molar-refractivity contribution in [3.8, 4) is 5.75 Å². The molecule has 3 N–H and O–H groups in total. The molecule has 0 radical (unpaired) electrons. The number of carbonyl (C=O) groups is 1. The van der Waals surface area contributed by atoms with E-state index in [-0.39, 0.29) is 55.6 Å². The second-order valence-electron chi connectivity index (χ2n) is 18.0. The van der Waals surface area contributed by atoms with Crippen LogP contribution >= 0.6 is 12.4 Å². The van der Waals surface area contributed by atoms with Gasteiger partial charge in [-0.05, 0) is 124 Å². The highest BCUT2D eigenvalue weighted by Gasteiger charge is 2.85. The zero-order chi connectivity index (χ0) is 45.9. The predicted molar refractivity (Wildman–Crippen MR) is 222 cm³/mol. The Morgan fingerprint density at radius 3 is 2.11 bits per heavy atom. The number of amides is 1. The molecule has 1 aromatic carbocycles. The van der Waals surface area contributed by atoms with Gasteiger partial charge in [0.1, 0.15) is 5.75 Å². The maximum absolute atomic E-state index is 13.2. The standard InChI is InChI=1S/C44H66F9N3O7.ClH/c1-40-15-13-35-34-10-8-33(61-24-4-18-56-21-19-55(20-22-56)17-3-16-54-39(59)14-27-60-23-2-6-31(29-57)30-58)28-32(34)7-9-36(35)37(40)11-12-38(40)62-25-5-26-63-41(42(45,46)47,43(48,49)50)44(51,52)53;/h8,10,28,31,35-38,57-58H,2-7,9,11-27,29-30H2,1H3,(H,54,59);1H/t35?,36?,37?,38-,40-;/m0./s1. The minimum absolute atomic E-state index is 0. The van der Waals surface area contributed by atoms with Crippen LogP contribution in [0.4, 0.5) is 39.5 Å². The molecule has 5 atom stereocenters. The van der Waals surface area contributed by atoms with Crippen LogP contribution in [0.3, 0.4) is 0 Å². The molecule has 4 aliphatic rings. The third-order valence-corrected chi connectivity index (χ3v) is 14.0. The van der Waals surface area contributed by atoms with Gasteiger partial charge in [0.05, 0.1) is 25.9 Å². The van der Waals surface area contributed by atoms with Gasteiger partial charge in [0.15, 0.2) is 0 Å². The van der Waals surface area contributed by atoms with E-state index in [9.17, 15) is 44.3 Å². The lowest BCUT2D eigenvalue weighted by Crippen LogP contribution is -2.67. The zero-order valence-corrected chi connectivity index (χ0v) is 37.5. The molecule has 64 heavy (non-hydrogen) atoms. The summed E-state index contributed by atoms with van der Waals surface area (Å²) in [5, 5.41) is 21.1. The molecule has 370 valence electrons. The first kappa shape index (κ1) is 54.5. The van der Waals surface area contributed by atoms with Crippen molar-refractivity contribution in [1.82, 2.24) is 15.1 Å². The summed E-state index contributed by atoms with van der Waals surface area (Å²) in [4.78, 5) is 17.0. The Labute approximate surface area is 376 Å². The van der Waals surface area contributed by atoms with Gasteiger partial charge < -0.3 is 44.3 Å². The SMILES string of the molecule is C[C@]12CCC3c4ccc(OCCCN5CCN(CCCNC(=O)CCOCCCC(CO)CO)CC5)cc4CCC3C1CC[C@@H]2OCCCOC(C(F)(F)F)(C(F)(F)F)C(F)(F)F.Cl. The summed E-state index contributed by atoms with van der Waals surface area (Å²) in [6, 6.07) is 6.36. The fourth-order valence-corrected chi connectivity index (χ4v) is 10.4. The van der Waals surface area contributed by atoms with Crippen LogP contribution in [-0.4, -0.2) is 148 Å². The summed E-state index contributed by atoms with van der Waals surface area (Å²) in [5.41, 5.74) is -3.94. The molecule has 1 aromatic rings. The van der Waals surface area contributed by atoms with E-state index in [0.717, 1.165) is 96.4 Å². The first-order valence-electron chi connectivity index (χ1n) is 22.6. The lowest BCUT2D eigenvalue weighted by Gasteiger charge is -2.50. The number of hydrogen-bond acceptors (Lipinski definition) is 9. The van der Waals surface area contributed by atoms with Crippen molar-refractivity contribution in [2.75, 3.05) is 92.1 Å². The number of nitrogens with one attached hydrogen (secondary N) is 1. The van der Waals surface area contributed by atoms with Crippen LogP contribution < -0.4 is 10.1 Å². The summed E-state index contributed by atoms with van der Waals surface area (Å²) >= 11 is 0. The number of aliphatic hydroxyl groups is 2. The maximum atomic E-state index is 13.2. The quantitative estimate of drug-likeness (QED) is 0.0705. The van der Waals surface area contributed by atoms with Crippen LogP contribution in [0.25, 0.3) is 0 Å². The van der Waals surface area contributed by atoms with E-state index < -0.39 is 37.2 Å². The third kappa shape index (κ3) is 13.5. The molecule has 0 bridgehead atoms. The molecular formula is C44H67ClF9N3O7. The van der Waals surface area contributed by atoms with Crippen molar-refractivity contribution >= 4 is 18.3 Å². The van der Waals surface area contributed by atoms with Crippen molar-refractivity contribution in [1.29, 1.82) is 0 Å². The minimum Gasteiger partial charge on any atom is -0.494 e. The average Bonchev–Trinajstić information content (AvgIpc) is 3.56. The lowest BCUT2D eigenvalue weighted by molar-refractivity contribution is -0.457. The number of rotatable bonds is 24. The van der Waals surface area contributed by atoms with Crippen molar-refractivity contribution in [2.24, 2.45) is 23.2 Å². The summed E-state index contributed by atoms with van der Waals surface area (Å²) in [7, 11) is 0. The number of piperazine rings is 1. The van der Waals surface area contributed by atoms with Crippen LogP contribution in [0.5, 0.6) is 5.75 Å². The van der Waals surface area contributed by atoms with Crippen LogP contribution in [0.1, 0.15) is 94.6 Å². The number of aryl methyl sites for hydroxylation is 1. The molecule has 0 aromatic heterocycles. The number of benzene rings is 1. The molecule has 3 fully saturated rings. The summed E-state index contributed by atoms with van der Waals surface area (Å²) in [5.74, 6) is 1.72. The van der Waals surface area contributed by atoms with Crippen LogP contribution in [-0.2, 0) is 25.4 Å². The normalized spacial score (nSPS) is 24.5. The van der Waals surface area contributed by atoms with E-state index in [0.29, 0.717) is 63.4 Å². The van der Waals surface area contributed by atoms with E-state index >= 15 is 0 Å². The minimum atomic E-state index is -6.75. The number of carbonyl (C=O) groups excluding carboxylic acids is 1. The molecule has 5 rings (SSSR count). The Bertz CT molecular complexity index is 1530. The monoisotopic (exact) mass is 955 g/mol. The second kappa shape index (κ2) is 24.2. The van der Waals surface area contributed by atoms with Gasteiger partial charge in [-0.2, -0.15) is 39.5 Å².